The highest BCUT2D eigenvalue weighted by Crippen LogP contribution is 2.17. The van der Waals surface area contributed by atoms with Crippen molar-refractivity contribution in [3.8, 4) is 0 Å². The number of ether oxygens (including phenoxy) is 1. The van der Waals surface area contributed by atoms with Crippen molar-refractivity contribution >= 4 is 11.6 Å². The Morgan fingerprint density at radius 2 is 2.16 bits per heavy atom. The molecule has 0 saturated carbocycles. The topological polar surface area (TPSA) is 50.4 Å². The second-order valence-electron chi connectivity index (χ2n) is 4.88. The van der Waals surface area contributed by atoms with Crippen LogP contribution in [0.5, 0.6) is 0 Å². The van der Waals surface area contributed by atoms with Crippen LogP contribution in [0.3, 0.4) is 0 Å². The molecule has 2 rings (SSSR count). The van der Waals surface area contributed by atoms with Crippen LogP contribution in [0.4, 0.5) is 5.69 Å². The third kappa shape index (κ3) is 4.33. The van der Waals surface area contributed by atoms with Gasteiger partial charge in [0.05, 0.1) is 12.5 Å². The van der Waals surface area contributed by atoms with Crippen molar-refractivity contribution < 1.29 is 9.53 Å². The minimum atomic E-state index is -0.00446. The van der Waals surface area contributed by atoms with Crippen LogP contribution in [0.25, 0.3) is 0 Å². The van der Waals surface area contributed by atoms with Crippen molar-refractivity contribution in [2.75, 3.05) is 25.1 Å². The lowest BCUT2D eigenvalue weighted by atomic mass is 10.0. The van der Waals surface area contributed by atoms with Crippen molar-refractivity contribution in [1.29, 1.82) is 0 Å². The standard InChI is InChI=1S/C15H22N2O2/c1-2-16-10-12-5-7-14(8-6-12)17-15(18)13-4-3-9-19-11-13/h5-8,13,16H,2-4,9-11H2,1H3,(H,17,18). The molecule has 1 atom stereocenters. The molecule has 1 heterocycles. The molecule has 1 fully saturated rings. The van der Waals surface area contributed by atoms with Gasteiger partial charge in [-0.3, -0.25) is 4.79 Å². The first-order valence-corrected chi connectivity index (χ1v) is 6.98. The SMILES string of the molecule is CCNCc1ccc(NC(=O)C2CCCOC2)cc1. The fraction of sp³-hybridized carbons (Fsp3) is 0.533. The third-order valence-electron chi connectivity index (χ3n) is 3.33. The summed E-state index contributed by atoms with van der Waals surface area (Å²) >= 11 is 0. The summed E-state index contributed by atoms with van der Waals surface area (Å²) in [5.74, 6) is 0.0642. The molecule has 1 saturated heterocycles. The van der Waals surface area contributed by atoms with Gasteiger partial charge in [-0.1, -0.05) is 19.1 Å². The van der Waals surface area contributed by atoms with Crippen molar-refractivity contribution in [3.05, 3.63) is 29.8 Å². The van der Waals surface area contributed by atoms with Gasteiger partial charge in [-0.2, -0.15) is 0 Å². The zero-order chi connectivity index (χ0) is 13.5. The Bertz CT molecular complexity index is 397. The molecule has 0 aromatic heterocycles. The smallest absolute Gasteiger partial charge is 0.229 e. The van der Waals surface area contributed by atoms with Gasteiger partial charge in [0.2, 0.25) is 5.91 Å². The lowest BCUT2D eigenvalue weighted by Gasteiger charge is -2.21. The molecule has 1 aromatic carbocycles. The van der Waals surface area contributed by atoms with Crippen LogP contribution in [0.1, 0.15) is 25.3 Å². The Morgan fingerprint density at radius 3 is 2.79 bits per heavy atom. The number of amides is 1. The van der Waals surface area contributed by atoms with Gasteiger partial charge in [-0.25, -0.2) is 0 Å². The van der Waals surface area contributed by atoms with Crippen LogP contribution in [0.2, 0.25) is 0 Å². The van der Waals surface area contributed by atoms with E-state index in [0.717, 1.165) is 38.2 Å². The molecular weight excluding hydrogens is 240 g/mol. The lowest BCUT2D eigenvalue weighted by Crippen LogP contribution is -2.30. The van der Waals surface area contributed by atoms with Crippen LogP contribution >= 0.6 is 0 Å². The summed E-state index contributed by atoms with van der Waals surface area (Å²) in [5.41, 5.74) is 2.08. The summed E-state index contributed by atoms with van der Waals surface area (Å²) in [6.45, 7) is 5.23. The van der Waals surface area contributed by atoms with E-state index in [1.54, 1.807) is 0 Å². The van der Waals surface area contributed by atoms with Crippen LogP contribution < -0.4 is 10.6 Å². The van der Waals surface area contributed by atoms with Crippen molar-refractivity contribution in [2.45, 2.75) is 26.3 Å². The third-order valence-corrected chi connectivity index (χ3v) is 3.33. The molecule has 1 unspecified atom stereocenters. The molecule has 1 aliphatic rings. The average molecular weight is 262 g/mol. The van der Waals surface area contributed by atoms with E-state index in [9.17, 15) is 4.79 Å². The van der Waals surface area contributed by atoms with E-state index in [2.05, 4.69) is 17.6 Å². The number of anilines is 1. The highest BCUT2D eigenvalue weighted by Gasteiger charge is 2.21. The molecule has 4 heteroatoms. The van der Waals surface area contributed by atoms with Gasteiger partial charge in [0.15, 0.2) is 0 Å². The molecule has 4 nitrogen and oxygen atoms in total. The van der Waals surface area contributed by atoms with E-state index in [0.29, 0.717) is 6.61 Å². The minimum Gasteiger partial charge on any atom is -0.381 e. The molecule has 1 aliphatic heterocycles. The predicted molar refractivity (Wildman–Crippen MR) is 76.0 cm³/mol. The Labute approximate surface area is 114 Å². The van der Waals surface area contributed by atoms with Gasteiger partial charge in [-0.15, -0.1) is 0 Å². The summed E-state index contributed by atoms with van der Waals surface area (Å²) in [6, 6.07) is 7.98. The number of benzene rings is 1. The second kappa shape index (κ2) is 7.26. The molecule has 0 bridgehead atoms. The van der Waals surface area contributed by atoms with Crippen LogP contribution in [0, 0.1) is 5.92 Å². The average Bonchev–Trinajstić information content (AvgIpc) is 2.47. The van der Waals surface area contributed by atoms with Crippen molar-refractivity contribution in [2.24, 2.45) is 5.92 Å². The Hall–Kier alpha value is -1.39. The van der Waals surface area contributed by atoms with Crippen LogP contribution in [-0.2, 0) is 16.1 Å². The molecule has 2 N–H and O–H groups in total. The first-order chi connectivity index (χ1) is 9.29. The number of carbonyl (C=O) groups excluding carboxylic acids is 1. The number of carbonyl (C=O) groups is 1. The fourth-order valence-electron chi connectivity index (χ4n) is 2.17. The molecule has 0 radical (unpaired) electrons. The summed E-state index contributed by atoms with van der Waals surface area (Å²) in [7, 11) is 0. The summed E-state index contributed by atoms with van der Waals surface area (Å²) in [5, 5.41) is 6.23. The van der Waals surface area contributed by atoms with Crippen LogP contribution in [-0.4, -0.2) is 25.7 Å². The van der Waals surface area contributed by atoms with Crippen LogP contribution in [0.15, 0.2) is 24.3 Å². The maximum Gasteiger partial charge on any atom is 0.229 e. The predicted octanol–water partition coefficient (Wildman–Crippen LogP) is 2.16. The zero-order valence-corrected chi connectivity index (χ0v) is 11.4. The fourth-order valence-corrected chi connectivity index (χ4v) is 2.17. The molecule has 1 aromatic rings. The number of nitrogens with one attached hydrogen (secondary N) is 2. The number of rotatable bonds is 5. The van der Waals surface area contributed by atoms with Gasteiger partial charge >= 0.3 is 0 Å². The van der Waals surface area contributed by atoms with Gasteiger partial charge in [0.25, 0.3) is 0 Å². The Balaban J connectivity index is 1.86. The van der Waals surface area contributed by atoms with E-state index >= 15 is 0 Å². The molecule has 0 aliphatic carbocycles. The maximum absolute atomic E-state index is 12.0. The minimum absolute atomic E-state index is 0.00446. The zero-order valence-electron chi connectivity index (χ0n) is 11.4. The monoisotopic (exact) mass is 262 g/mol. The molecule has 104 valence electrons. The molecule has 19 heavy (non-hydrogen) atoms. The summed E-state index contributed by atoms with van der Waals surface area (Å²) in [4.78, 5) is 12.0. The van der Waals surface area contributed by atoms with Crippen molar-refractivity contribution in [3.63, 3.8) is 0 Å². The second-order valence-corrected chi connectivity index (χ2v) is 4.88. The largest absolute Gasteiger partial charge is 0.381 e. The van der Waals surface area contributed by atoms with E-state index in [1.807, 2.05) is 24.3 Å². The number of hydrogen-bond acceptors (Lipinski definition) is 3. The van der Waals surface area contributed by atoms with Crippen molar-refractivity contribution in [1.82, 2.24) is 5.32 Å². The van der Waals surface area contributed by atoms with Gasteiger partial charge in [0.1, 0.15) is 0 Å². The van der Waals surface area contributed by atoms with E-state index in [1.165, 1.54) is 5.56 Å². The molecular formula is C15H22N2O2. The first kappa shape index (κ1) is 14.0. The summed E-state index contributed by atoms with van der Waals surface area (Å²) < 4.78 is 5.34. The Morgan fingerprint density at radius 1 is 1.37 bits per heavy atom. The van der Waals surface area contributed by atoms with Gasteiger partial charge in [0, 0.05) is 18.8 Å². The number of hydrogen-bond donors (Lipinski definition) is 2. The lowest BCUT2D eigenvalue weighted by molar-refractivity contribution is -0.123. The highest BCUT2D eigenvalue weighted by atomic mass is 16.5. The summed E-state index contributed by atoms with van der Waals surface area (Å²) in [6.07, 6.45) is 1.89. The highest BCUT2D eigenvalue weighted by molar-refractivity contribution is 5.92. The van der Waals surface area contributed by atoms with E-state index in [-0.39, 0.29) is 11.8 Å². The van der Waals surface area contributed by atoms with E-state index < -0.39 is 0 Å². The maximum atomic E-state index is 12.0. The van der Waals surface area contributed by atoms with Gasteiger partial charge in [-0.05, 0) is 37.1 Å². The van der Waals surface area contributed by atoms with E-state index in [4.69, 9.17) is 4.74 Å². The first-order valence-electron chi connectivity index (χ1n) is 6.98. The normalized spacial score (nSPS) is 19.1. The molecule has 0 spiro atoms. The quantitative estimate of drug-likeness (QED) is 0.855. The Kier molecular flexibility index (Phi) is 5.36. The van der Waals surface area contributed by atoms with Gasteiger partial charge < -0.3 is 15.4 Å². The molecule has 1 amide bonds.